The molecule has 4 rings (SSSR count). The van der Waals surface area contributed by atoms with Crippen molar-refractivity contribution in [1.82, 2.24) is 0 Å². The van der Waals surface area contributed by atoms with Crippen LogP contribution in [0.5, 0.6) is 0 Å². The highest BCUT2D eigenvalue weighted by molar-refractivity contribution is 6.07. The van der Waals surface area contributed by atoms with Gasteiger partial charge in [0.2, 0.25) is 0 Å². The number of nitrogens with zero attached hydrogens (tertiary/aromatic N) is 1. The van der Waals surface area contributed by atoms with Gasteiger partial charge in [0.25, 0.3) is 0 Å². The van der Waals surface area contributed by atoms with E-state index in [9.17, 15) is 0 Å². The van der Waals surface area contributed by atoms with E-state index in [-0.39, 0.29) is 0 Å². The van der Waals surface area contributed by atoms with Crippen LogP contribution in [0, 0.1) is 0 Å². The first-order valence-electron chi connectivity index (χ1n) is 7.62. The van der Waals surface area contributed by atoms with Gasteiger partial charge in [-0.15, -0.1) is 0 Å². The molecule has 4 aromatic carbocycles. The quantitative estimate of drug-likeness (QED) is 0.353. The monoisotopic (exact) mass is 283 g/mol. The van der Waals surface area contributed by atoms with Crippen molar-refractivity contribution >= 4 is 39.0 Å². The van der Waals surface area contributed by atoms with Crippen LogP contribution in [-0.2, 0) is 6.42 Å². The Kier molecular flexibility index (Phi) is 3.12. The van der Waals surface area contributed by atoms with Gasteiger partial charge < -0.3 is 4.99 Å². The Morgan fingerprint density at radius 3 is 2.09 bits per heavy atom. The molecule has 22 heavy (non-hydrogen) atoms. The van der Waals surface area contributed by atoms with E-state index < -0.39 is 0 Å². The predicted octanol–water partition coefficient (Wildman–Crippen LogP) is 5.39. The first-order valence-corrected chi connectivity index (χ1v) is 7.62. The van der Waals surface area contributed by atoms with Gasteiger partial charge >= 0.3 is 0 Å². The van der Waals surface area contributed by atoms with Crippen molar-refractivity contribution in [2.24, 2.45) is 4.99 Å². The summed E-state index contributed by atoms with van der Waals surface area (Å²) in [5.74, 6) is 0. The average Bonchev–Trinajstić information content (AvgIpc) is 2.57. The zero-order chi connectivity index (χ0) is 14.9. The van der Waals surface area contributed by atoms with Gasteiger partial charge in [0.15, 0.2) is 0 Å². The van der Waals surface area contributed by atoms with Crippen molar-refractivity contribution in [3.05, 3.63) is 72.3 Å². The van der Waals surface area contributed by atoms with E-state index >= 15 is 0 Å². The highest BCUT2D eigenvalue weighted by atomic mass is 14.7. The van der Waals surface area contributed by atoms with Gasteiger partial charge in [0.05, 0.1) is 0 Å². The molecule has 0 atom stereocenters. The molecule has 0 bridgehead atoms. The van der Waals surface area contributed by atoms with E-state index in [1.54, 1.807) is 0 Å². The second-order valence-electron chi connectivity index (χ2n) is 5.69. The van der Waals surface area contributed by atoms with Crippen molar-refractivity contribution in [3.63, 3.8) is 0 Å². The lowest BCUT2D eigenvalue weighted by molar-refractivity contribution is 0.994. The van der Waals surface area contributed by atoms with E-state index in [0.717, 1.165) is 13.0 Å². The van der Waals surface area contributed by atoms with Crippen molar-refractivity contribution in [2.75, 3.05) is 6.54 Å². The molecule has 1 heteroatoms. The Balaban J connectivity index is 2.14. The smallest absolute Gasteiger partial charge is 0.0422 e. The van der Waals surface area contributed by atoms with Crippen LogP contribution in [0.3, 0.4) is 0 Å². The molecule has 0 radical (unpaired) electrons. The second-order valence-corrected chi connectivity index (χ2v) is 5.69. The molecule has 0 heterocycles. The fourth-order valence-electron chi connectivity index (χ4n) is 3.31. The molecule has 106 valence electrons. The summed E-state index contributed by atoms with van der Waals surface area (Å²) in [5.41, 5.74) is 1.38. The zero-order valence-corrected chi connectivity index (χ0v) is 12.4. The normalized spacial score (nSPS) is 11.3. The summed E-state index contributed by atoms with van der Waals surface area (Å²) < 4.78 is 0. The van der Waals surface area contributed by atoms with E-state index in [1.807, 2.05) is 0 Å². The Morgan fingerprint density at radius 2 is 1.32 bits per heavy atom. The largest absolute Gasteiger partial charge is 0.301 e. The van der Waals surface area contributed by atoms with Crippen LogP contribution in [0.25, 0.3) is 32.3 Å². The first-order chi connectivity index (χ1) is 10.9. The Bertz CT molecular complexity index is 993. The summed E-state index contributed by atoms with van der Waals surface area (Å²) in [4.78, 5) is 4.06. The molecular weight excluding hydrogens is 266 g/mol. The van der Waals surface area contributed by atoms with E-state index in [2.05, 4.69) is 78.4 Å². The Morgan fingerprint density at radius 1 is 0.682 bits per heavy atom. The highest BCUT2D eigenvalue weighted by Crippen LogP contribution is 2.32. The summed E-state index contributed by atoms with van der Waals surface area (Å²) in [6.07, 6.45) is 0.930. The first kappa shape index (κ1) is 13.0. The number of aliphatic imine (C=N–C) groups is 1. The molecule has 0 saturated carbocycles. The van der Waals surface area contributed by atoms with Gasteiger partial charge in [0.1, 0.15) is 0 Å². The second kappa shape index (κ2) is 5.27. The van der Waals surface area contributed by atoms with E-state index in [1.165, 1.54) is 37.9 Å². The summed E-state index contributed by atoms with van der Waals surface area (Å²) >= 11 is 0. The van der Waals surface area contributed by atoms with E-state index in [4.69, 9.17) is 0 Å². The minimum Gasteiger partial charge on any atom is -0.301 e. The lowest BCUT2D eigenvalue weighted by atomic mass is 9.93. The van der Waals surface area contributed by atoms with Gasteiger partial charge in [-0.25, -0.2) is 0 Å². The molecule has 0 aliphatic carbocycles. The van der Waals surface area contributed by atoms with Crippen LogP contribution in [0.2, 0.25) is 0 Å². The van der Waals surface area contributed by atoms with Gasteiger partial charge in [0, 0.05) is 6.54 Å². The van der Waals surface area contributed by atoms with Crippen LogP contribution in [0.15, 0.2) is 71.7 Å². The number of hydrogen-bond donors (Lipinski definition) is 0. The topological polar surface area (TPSA) is 12.4 Å². The van der Waals surface area contributed by atoms with Crippen LogP contribution in [0.1, 0.15) is 5.56 Å². The number of hydrogen-bond acceptors (Lipinski definition) is 1. The van der Waals surface area contributed by atoms with Crippen molar-refractivity contribution in [1.29, 1.82) is 0 Å². The molecule has 0 aliphatic rings. The lowest BCUT2D eigenvalue weighted by Crippen LogP contribution is -1.93. The maximum atomic E-state index is 4.06. The summed E-state index contributed by atoms with van der Waals surface area (Å²) in [6.45, 7) is 4.40. The zero-order valence-electron chi connectivity index (χ0n) is 12.4. The maximum absolute atomic E-state index is 4.06. The molecule has 0 fully saturated rings. The number of rotatable bonds is 3. The summed E-state index contributed by atoms with van der Waals surface area (Å²) in [5, 5.41) is 7.84. The molecule has 0 spiro atoms. The summed E-state index contributed by atoms with van der Waals surface area (Å²) in [6, 6.07) is 24.1. The third-order valence-corrected chi connectivity index (χ3v) is 4.36. The SMILES string of the molecule is C=NCCc1c2ccccc2cc2cc3ccccc3cc12. The molecule has 0 aromatic heterocycles. The molecule has 0 aliphatic heterocycles. The fourth-order valence-corrected chi connectivity index (χ4v) is 3.31. The van der Waals surface area contributed by atoms with Crippen molar-refractivity contribution in [2.45, 2.75) is 6.42 Å². The van der Waals surface area contributed by atoms with E-state index in [0.29, 0.717) is 0 Å². The molecule has 0 saturated heterocycles. The minimum atomic E-state index is 0.760. The minimum absolute atomic E-state index is 0.760. The van der Waals surface area contributed by atoms with Gasteiger partial charge in [-0.05, 0) is 69.2 Å². The van der Waals surface area contributed by atoms with Crippen LogP contribution >= 0.6 is 0 Å². The van der Waals surface area contributed by atoms with Gasteiger partial charge in [-0.1, -0.05) is 48.5 Å². The molecule has 0 amide bonds. The Hall–Kier alpha value is -2.67. The summed E-state index contributed by atoms with van der Waals surface area (Å²) in [7, 11) is 0. The molecular formula is C21H17N. The number of benzene rings is 4. The van der Waals surface area contributed by atoms with Crippen LogP contribution in [0.4, 0.5) is 0 Å². The standard InChI is InChI=1S/C21H17N/c1-22-11-10-20-19-9-5-4-8-17(19)13-18-12-15-6-2-3-7-16(15)14-21(18)20/h2-9,12-14H,1,10-11H2. The lowest BCUT2D eigenvalue weighted by Gasteiger charge is -2.12. The van der Waals surface area contributed by atoms with Crippen LogP contribution in [-0.4, -0.2) is 13.3 Å². The Labute approximate surface area is 129 Å². The molecule has 4 aromatic rings. The fraction of sp³-hybridized carbons (Fsp3) is 0.0952. The van der Waals surface area contributed by atoms with Gasteiger partial charge in [-0.3, -0.25) is 0 Å². The van der Waals surface area contributed by atoms with Gasteiger partial charge in [-0.2, -0.15) is 0 Å². The van der Waals surface area contributed by atoms with Crippen molar-refractivity contribution in [3.8, 4) is 0 Å². The molecule has 0 N–H and O–H groups in total. The van der Waals surface area contributed by atoms with Crippen LogP contribution < -0.4 is 0 Å². The predicted molar refractivity (Wildman–Crippen MR) is 97.1 cm³/mol. The molecule has 0 unspecified atom stereocenters. The average molecular weight is 283 g/mol. The third-order valence-electron chi connectivity index (χ3n) is 4.36. The number of fused-ring (bicyclic) bond motifs is 3. The third kappa shape index (κ3) is 2.06. The highest BCUT2D eigenvalue weighted by Gasteiger charge is 2.08. The molecule has 1 nitrogen and oxygen atoms in total. The van der Waals surface area contributed by atoms with Crippen molar-refractivity contribution < 1.29 is 0 Å². The maximum Gasteiger partial charge on any atom is 0.0422 e.